The van der Waals surface area contributed by atoms with Crippen molar-refractivity contribution in [3.8, 4) is 0 Å². The predicted molar refractivity (Wildman–Crippen MR) is 57.4 cm³/mol. The second-order valence-electron chi connectivity index (χ2n) is 4.58. The van der Waals surface area contributed by atoms with Crippen LogP contribution in [0.3, 0.4) is 0 Å². The molecular weight excluding hydrogens is 178 g/mol. The predicted octanol–water partition coefficient (Wildman–Crippen LogP) is 1.10. The number of piperidine rings is 1. The summed E-state index contributed by atoms with van der Waals surface area (Å²) in [5.74, 6) is 1.69. The molecule has 4 nitrogen and oxygen atoms in total. The van der Waals surface area contributed by atoms with Crippen LogP contribution >= 0.6 is 0 Å². The molecule has 0 radical (unpaired) electrons. The first-order valence-electron chi connectivity index (χ1n) is 5.25. The molecule has 0 saturated carbocycles. The molecule has 82 valence electrons. The maximum absolute atomic E-state index is 8.52. The summed E-state index contributed by atoms with van der Waals surface area (Å²) in [4.78, 5) is 2.29. The van der Waals surface area contributed by atoms with Gasteiger partial charge in [-0.05, 0) is 25.2 Å². The molecule has 3 N–H and O–H groups in total. The van der Waals surface area contributed by atoms with Crippen LogP contribution in [-0.2, 0) is 0 Å². The Hall–Kier alpha value is -0.770. The molecule has 1 heterocycles. The summed E-state index contributed by atoms with van der Waals surface area (Å²) in [7, 11) is 0. The Kier molecular flexibility index (Phi) is 3.75. The van der Waals surface area contributed by atoms with Gasteiger partial charge >= 0.3 is 0 Å². The average molecular weight is 199 g/mol. The van der Waals surface area contributed by atoms with Crippen LogP contribution in [0.2, 0.25) is 0 Å². The number of likely N-dealkylation sites (tertiary alicyclic amines) is 1. The first-order chi connectivity index (χ1) is 6.54. The van der Waals surface area contributed by atoms with E-state index in [1.165, 1.54) is 6.42 Å². The molecule has 4 heteroatoms. The van der Waals surface area contributed by atoms with Gasteiger partial charge in [0.05, 0.1) is 6.54 Å². The molecule has 1 saturated heterocycles. The maximum Gasteiger partial charge on any atom is 0.153 e. The Balaban J connectivity index is 2.57. The second kappa shape index (κ2) is 4.64. The summed E-state index contributed by atoms with van der Waals surface area (Å²) in [5.41, 5.74) is 5.52. The minimum atomic E-state index is 0.304. The van der Waals surface area contributed by atoms with Crippen molar-refractivity contribution in [3.05, 3.63) is 0 Å². The average Bonchev–Trinajstić information content (AvgIpc) is 2.13. The van der Waals surface area contributed by atoms with E-state index < -0.39 is 0 Å². The Morgan fingerprint density at radius 2 is 2.14 bits per heavy atom. The molecule has 3 atom stereocenters. The molecule has 3 unspecified atom stereocenters. The minimum absolute atomic E-state index is 0.304. The lowest BCUT2D eigenvalue weighted by Gasteiger charge is -2.40. The molecule has 0 amide bonds. The van der Waals surface area contributed by atoms with Crippen molar-refractivity contribution < 1.29 is 5.21 Å². The van der Waals surface area contributed by atoms with Crippen LogP contribution in [0, 0.1) is 11.8 Å². The van der Waals surface area contributed by atoms with Gasteiger partial charge in [0.25, 0.3) is 0 Å². The molecule has 1 fully saturated rings. The van der Waals surface area contributed by atoms with E-state index in [0.717, 1.165) is 6.54 Å². The summed E-state index contributed by atoms with van der Waals surface area (Å²) in [6.07, 6.45) is 1.27. The van der Waals surface area contributed by atoms with Gasteiger partial charge in [-0.2, -0.15) is 0 Å². The van der Waals surface area contributed by atoms with Gasteiger partial charge in [0.1, 0.15) is 0 Å². The maximum atomic E-state index is 8.52. The molecule has 0 bridgehead atoms. The van der Waals surface area contributed by atoms with Crippen molar-refractivity contribution in [3.63, 3.8) is 0 Å². The number of hydrogen-bond donors (Lipinski definition) is 2. The fourth-order valence-corrected chi connectivity index (χ4v) is 2.28. The number of rotatable bonds is 2. The third-order valence-corrected chi connectivity index (χ3v) is 3.21. The molecule has 0 aliphatic carbocycles. The summed E-state index contributed by atoms with van der Waals surface area (Å²) in [5, 5.41) is 11.5. The quantitative estimate of drug-likeness (QED) is 0.303. The van der Waals surface area contributed by atoms with Crippen LogP contribution in [0.25, 0.3) is 0 Å². The normalized spacial score (nSPS) is 35.9. The number of oxime groups is 1. The molecule has 0 spiro atoms. The smallest absolute Gasteiger partial charge is 0.153 e. The molecule has 1 aliphatic heterocycles. The number of nitrogens with two attached hydrogens (primary N) is 1. The highest BCUT2D eigenvalue weighted by molar-refractivity contribution is 5.81. The van der Waals surface area contributed by atoms with Crippen LogP contribution in [0.4, 0.5) is 0 Å². The van der Waals surface area contributed by atoms with E-state index in [0.29, 0.717) is 30.3 Å². The first-order valence-corrected chi connectivity index (χ1v) is 5.25. The molecular formula is C10H21N3O. The van der Waals surface area contributed by atoms with Crippen LogP contribution in [0.15, 0.2) is 5.16 Å². The summed E-state index contributed by atoms with van der Waals surface area (Å²) < 4.78 is 0. The topological polar surface area (TPSA) is 61.8 Å². The zero-order valence-corrected chi connectivity index (χ0v) is 9.27. The zero-order valence-electron chi connectivity index (χ0n) is 9.27. The highest BCUT2D eigenvalue weighted by Gasteiger charge is 2.28. The number of amidine groups is 1. The largest absolute Gasteiger partial charge is 0.409 e. The van der Waals surface area contributed by atoms with Gasteiger partial charge in [-0.25, -0.2) is 0 Å². The van der Waals surface area contributed by atoms with Gasteiger partial charge in [0.2, 0.25) is 0 Å². The van der Waals surface area contributed by atoms with Gasteiger partial charge < -0.3 is 10.9 Å². The third-order valence-electron chi connectivity index (χ3n) is 3.21. The molecule has 14 heavy (non-hydrogen) atoms. The summed E-state index contributed by atoms with van der Waals surface area (Å²) in [6, 6.07) is 0.520. The number of nitrogens with zero attached hydrogens (tertiary/aromatic N) is 2. The highest BCUT2D eigenvalue weighted by atomic mass is 16.4. The van der Waals surface area contributed by atoms with E-state index in [1.807, 2.05) is 0 Å². The van der Waals surface area contributed by atoms with E-state index in [9.17, 15) is 0 Å². The van der Waals surface area contributed by atoms with Crippen LogP contribution < -0.4 is 5.73 Å². The van der Waals surface area contributed by atoms with Crippen molar-refractivity contribution >= 4 is 5.84 Å². The van der Waals surface area contributed by atoms with E-state index >= 15 is 0 Å². The summed E-state index contributed by atoms with van der Waals surface area (Å²) >= 11 is 0. The SMILES string of the molecule is CC1CC(C)C(C)N(C/C(N)=N/O)C1. The number of hydrogen-bond acceptors (Lipinski definition) is 3. The van der Waals surface area contributed by atoms with E-state index in [2.05, 4.69) is 30.8 Å². The molecule has 1 rings (SSSR count). The van der Waals surface area contributed by atoms with E-state index in [1.54, 1.807) is 0 Å². The van der Waals surface area contributed by atoms with Gasteiger partial charge in [-0.3, -0.25) is 4.90 Å². The van der Waals surface area contributed by atoms with Crippen molar-refractivity contribution in [1.29, 1.82) is 0 Å². The van der Waals surface area contributed by atoms with E-state index in [4.69, 9.17) is 10.9 Å². The fourth-order valence-electron chi connectivity index (χ4n) is 2.28. The van der Waals surface area contributed by atoms with Gasteiger partial charge in [-0.15, -0.1) is 0 Å². The zero-order chi connectivity index (χ0) is 10.7. The van der Waals surface area contributed by atoms with Crippen LogP contribution in [0.5, 0.6) is 0 Å². The van der Waals surface area contributed by atoms with Crippen molar-refractivity contribution in [1.82, 2.24) is 4.90 Å². The fraction of sp³-hybridized carbons (Fsp3) is 0.900. The Bertz CT molecular complexity index is 217. The highest BCUT2D eigenvalue weighted by Crippen LogP contribution is 2.26. The van der Waals surface area contributed by atoms with Crippen molar-refractivity contribution in [2.24, 2.45) is 22.7 Å². The monoisotopic (exact) mass is 199 g/mol. The van der Waals surface area contributed by atoms with Gasteiger partial charge in [-0.1, -0.05) is 19.0 Å². The lowest BCUT2D eigenvalue weighted by atomic mass is 9.86. The van der Waals surface area contributed by atoms with Crippen LogP contribution in [-0.4, -0.2) is 35.1 Å². The first kappa shape index (κ1) is 11.3. The Morgan fingerprint density at radius 1 is 1.50 bits per heavy atom. The molecule has 1 aliphatic rings. The lowest BCUT2D eigenvalue weighted by molar-refractivity contribution is 0.0944. The Morgan fingerprint density at radius 3 is 2.71 bits per heavy atom. The summed E-state index contributed by atoms with van der Waals surface area (Å²) in [6.45, 7) is 8.34. The van der Waals surface area contributed by atoms with Gasteiger partial charge in [0, 0.05) is 12.6 Å². The van der Waals surface area contributed by atoms with E-state index in [-0.39, 0.29) is 0 Å². The molecule has 0 aromatic rings. The van der Waals surface area contributed by atoms with Crippen molar-refractivity contribution in [2.75, 3.05) is 13.1 Å². The molecule has 0 aromatic heterocycles. The minimum Gasteiger partial charge on any atom is -0.409 e. The Labute approximate surface area is 85.8 Å². The lowest BCUT2D eigenvalue weighted by Crippen LogP contribution is -2.49. The molecule has 0 aromatic carbocycles. The van der Waals surface area contributed by atoms with Crippen molar-refractivity contribution in [2.45, 2.75) is 33.2 Å². The second-order valence-corrected chi connectivity index (χ2v) is 4.58. The van der Waals surface area contributed by atoms with Crippen LogP contribution in [0.1, 0.15) is 27.2 Å². The van der Waals surface area contributed by atoms with Gasteiger partial charge in [0.15, 0.2) is 5.84 Å². The third kappa shape index (κ3) is 2.61. The standard InChI is InChI=1S/C10H21N3O/c1-7-4-8(2)9(3)13(5-7)6-10(11)12-14/h7-9,14H,4-6H2,1-3H3,(H2,11,12).